The maximum absolute atomic E-state index is 13.8. The molecule has 3 amide bonds. The van der Waals surface area contributed by atoms with E-state index in [2.05, 4.69) is 10.3 Å². The van der Waals surface area contributed by atoms with Gasteiger partial charge in [0.25, 0.3) is 11.8 Å². The summed E-state index contributed by atoms with van der Waals surface area (Å²) in [7, 11) is 1.56. The van der Waals surface area contributed by atoms with Crippen LogP contribution in [0, 0.1) is 0 Å². The molecule has 1 spiro atoms. The first-order chi connectivity index (χ1) is 18.5. The molecule has 2 aliphatic rings. The number of nitrogens with one attached hydrogen (secondary N) is 1. The van der Waals surface area contributed by atoms with E-state index in [-0.39, 0.29) is 24.3 Å². The van der Waals surface area contributed by atoms with Gasteiger partial charge in [0.05, 0.1) is 13.7 Å². The van der Waals surface area contributed by atoms with Crippen LogP contribution < -0.4 is 10.1 Å². The van der Waals surface area contributed by atoms with Crippen molar-refractivity contribution in [3.05, 3.63) is 95.8 Å². The molecule has 5 rings (SSSR count). The average molecular weight is 515 g/mol. The summed E-state index contributed by atoms with van der Waals surface area (Å²) in [5, 5.41) is 2.93. The molecular formula is C29H30N4O5. The van der Waals surface area contributed by atoms with Crippen molar-refractivity contribution in [2.75, 3.05) is 26.8 Å². The van der Waals surface area contributed by atoms with Gasteiger partial charge in [-0.1, -0.05) is 30.3 Å². The third-order valence-electron chi connectivity index (χ3n) is 7.14. The Labute approximate surface area is 221 Å². The van der Waals surface area contributed by atoms with Crippen molar-refractivity contribution in [3.8, 4) is 5.75 Å². The maximum atomic E-state index is 13.8. The number of likely N-dealkylation sites (tertiary alicyclic amines) is 1. The lowest BCUT2D eigenvalue weighted by Gasteiger charge is -2.44. The first-order valence-corrected chi connectivity index (χ1v) is 12.6. The normalized spacial score (nSPS) is 18.3. The van der Waals surface area contributed by atoms with Gasteiger partial charge in [-0.25, -0.2) is 0 Å². The van der Waals surface area contributed by atoms with E-state index in [0.717, 1.165) is 5.56 Å². The number of aromatic nitrogens is 1. The zero-order valence-electron chi connectivity index (χ0n) is 21.2. The van der Waals surface area contributed by atoms with Gasteiger partial charge in [-0.05, 0) is 42.0 Å². The number of hydrogen-bond donors (Lipinski definition) is 1. The van der Waals surface area contributed by atoms with Crippen molar-refractivity contribution in [2.45, 2.75) is 31.2 Å². The van der Waals surface area contributed by atoms with E-state index in [1.54, 1.807) is 83.9 Å². The Morgan fingerprint density at radius 3 is 2.47 bits per heavy atom. The van der Waals surface area contributed by atoms with Gasteiger partial charge < -0.3 is 19.7 Å². The summed E-state index contributed by atoms with van der Waals surface area (Å²) in [6.45, 7) is 1.16. The summed E-state index contributed by atoms with van der Waals surface area (Å²) in [5.41, 5.74) is 0.906. The van der Waals surface area contributed by atoms with Crippen LogP contribution in [0.15, 0.2) is 79.1 Å². The van der Waals surface area contributed by atoms with Crippen LogP contribution in [0.1, 0.15) is 39.1 Å². The topological polar surface area (TPSA) is 101 Å². The van der Waals surface area contributed by atoms with Gasteiger partial charge in [0.1, 0.15) is 17.5 Å². The van der Waals surface area contributed by atoms with Crippen LogP contribution in [0.4, 0.5) is 0 Å². The number of carbonyl (C=O) groups excluding carboxylic acids is 3. The van der Waals surface area contributed by atoms with Crippen LogP contribution in [-0.2, 0) is 16.1 Å². The van der Waals surface area contributed by atoms with Gasteiger partial charge in [-0.3, -0.25) is 24.3 Å². The molecule has 196 valence electrons. The molecule has 0 saturated carbocycles. The van der Waals surface area contributed by atoms with Gasteiger partial charge in [-0.2, -0.15) is 0 Å². The fourth-order valence-electron chi connectivity index (χ4n) is 5.09. The van der Waals surface area contributed by atoms with E-state index in [4.69, 9.17) is 9.47 Å². The summed E-state index contributed by atoms with van der Waals surface area (Å²) in [5.74, 6) is -0.0474. The summed E-state index contributed by atoms with van der Waals surface area (Å²) in [4.78, 5) is 47.7. The second-order valence-corrected chi connectivity index (χ2v) is 9.42. The number of methoxy groups -OCH3 is 1. The highest BCUT2D eigenvalue weighted by molar-refractivity contribution is 5.98. The lowest BCUT2D eigenvalue weighted by atomic mass is 9.96. The van der Waals surface area contributed by atoms with Gasteiger partial charge in [0, 0.05) is 56.0 Å². The zero-order valence-corrected chi connectivity index (χ0v) is 21.2. The molecule has 0 radical (unpaired) electrons. The Kier molecular flexibility index (Phi) is 7.37. The fourth-order valence-corrected chi connectivity index (χ4v) is 5.09. The van der Waals surface area contributed by atoms with Crippen LogP contribution in [-0.4, -0.2) is 71.1 Å². The first-order valence-electron chi connectivity index (χ1n) is 12.6. The van der Waals surface area contributed by atoms with Crippen molar-refractivity contribution < 1.29 is 23.9 Å². The van der Waals surface area contributed by atoms with E-state index < -0.39 is 11.8 Å². The van der Waals surface area contributed by atoms with Crippen molar-refractivity contribution in [1.29, 1.82) is 0 Å². The minimum Gasteiger partial charge on any atom is -0.497 e. The quantitative estimate of drug-likeness (QED) is 0.543. The Morgan fingerprint density at radius 2 is 1.76 bits per heavy atom. The monoisotopic (exact) mass is 514 g/mol. The van der Waals surface area contributed by atoms with Crippen LogP contribution in [0.5, 0.6) is 5.75 Å². The smallest absolute Gasteiger partial charge is 0.256 e. The number of benzene rings is 2. The summed E-state index contributed by atoms with van der Waals surface area (Å²) in [6.07, 6.45) is 4.15. The largest absolute Gasteiger partial charge is 0.497 e. The highest BCUT2D eigenvalue weighted by atomic mass is 16.5. The molecule has 9 nitrogen and oxygen atoms in total. The van der Waals surface area contributed by atoms with E-state index in [1.165, 1.54) is 0 Å². The van der Waals surface area contributed by atoms with E-state index in [0.29, 0.717) is 49.4 Å². The van der Waals surface area contributed by atoms with E-state index in [1.807, 2.05) is 12.1 Å². The number of amides is 3. The van der Waals surface area contributed by atoms with Gasteiger partial charge in [0.2, 0.25) is 5.91 Å². The highest BCUT2D eigenvalue weighted by Gasteiger charge is 2.54. The minimum atomic E-state index is -0.978. The second kappa shape index (κ2) is 11.0. The molecule has 1 aromatic heterocycles. The molecule has 3 heterocycles. The third kappa shape index (κ3) is 5.10. The molecule has 2 saturated heterocycles. The Morgan fingerprint density at radius 1 is 1.00 bits per heavy atom. The lowest BCUT2D eigenvalue weighted by molar-refractivity contribution is -0.128. The van der Waals surface area contributed by atoms with Gasteiger partial charge >= 0.3 is 0 Å². The van der Waals surface area contributed by atoms with Crippen molar-refractivity contribution in [2.24, 2.45) is 0 Å². The summed E-state index contributed by atoms with van der Waals surface area (Å²) >= 11 is 0. The minimum absolute atomic E-state index is 0.0846. The predicted octanol–water partition coefficient (Wildman–Crippen LogP) is 2.88. The second-order valence-electron chi connectivity index (χ2n) is 9.42. The number of carbonyl (C=O) groups is 3. The molecule has 0 aliphatic carbocycles. The van der Waals surface area contributed by atoms with E-state index >= 15 is 0 Å². The Hall–Kier alpha value is -4.24. The maximum Gasteiger partial charge on any atom is 0.256 e. The van der Waals surface area contributed by atoms with Gasteiger partial charge in [0.15, 0.2) is 0 Å². The molecule has 38 heavy (non-hydrogen) atoms. The van der Waals surface area contributed by atoms with Crippen molar-refractivity contribution in [3.63, 3.8) is 0 Å². The van der Waals surface area contributed by atoms with Crippen molar-refractivity contribution >= 4 is 17.7 Å². The average Bonchev–Trinajstić information content (AvgIpc) is 3.35. The van der Waals surface area contributed by atoms with E-state index in [9.17, 15) is 14.4 Å². The number of piperidine rings is 1. The van der Waals surface area contributed by atoms with Crippen LogP contribution in [0.2, 0.25) is 0 Å². The lowest BCUT2D eigenvalue weighted by Crippen LogP contribution is -2.59. The molecule has 2 fully saturated rings. The molecule has 3 aromatic rings. The third-order valence-corrected chi connectivity index (χ3v) is 7.14. The Bertz CT molecular complexity index is 1290. The molecule has 1 atom stereocenters. The molecule has 2 aromatic carbocycles. The van der Waals surface area contributed by atoms with Crippen LogP contribution in [0.25, 0.3) is 0 Å². The van der Waals surface area contributed by atoms with Crippen molar-refractivity contribution in [1.82, 2.24) is 20.1 Å². The zero-order chi connectivity index (χ0) is 26.5. The van der Waals surface area contributed by atoms with Gasteiger partial charge in [-0.15, -0.1) is 0 Å². The number of rotatable bonds is 6. The molecule has 1 unspecified atom stereocenters. The molecule has 2 aliphatic heterocycles. The van der Waals surface area contributed by atoms with Crippen LogP contribution >= 0.6 is 0 Å². The fraction of sp³-hybridized carbons (Fsp3) is 0.310. The summed E-state index contributed by atoms with van der Waals surface area (Å²) < 4.78 is 11.5. The first kappa shape index (κ1) is 25.4. The number of ether oxygens (including phenoxy) is 2. The summed E-state index contributed by atoms with van der Waals surface area (Å²) in [6, 6.07) is 18.8. The predicted molar refractivity (Wildman–Crippen MR) is 139 cm³/mol. The number of hydrogen-bond acceptors (Lipinski definition) is 6. The Balaban J connectivity index is 1.34. The SMILES string of the molecule is COc1cccc(C(=O)N2CCC3(CC2)OCC(C(=O)NCc2cccnc2)N3C(=O)c2ccccc2)c1. The molecular weight excluding hydrogens is 484 g/mol. The van der Waals surface area contributed by atoms with Crippen LogP contribution in [0.3, 0.4) is 0 Å². The standard InChI is InChI=1S/C29H30N4O5/c1-37-24-11-5-10-23(17-24)27(35)32-15-12-29(13-16-32)33(28(36)22-8-3-2-4-9-22)25(20-38-29)26(34)31-19-21-7-6-14-30-18-21/h2-11,14,17-18,25H,12-13,15-16,19-20H2,1H3,(H,31,34). The molecule has 1 N–H and O–H groups in total. The molecule has 0 bridgehead atoms. The number of pyridine rings is 1. The molecule has 9 heteroatoms. The highest BCUT2D eigenvalue weighted by Crippen LogP contribution is 2.39. The number of nitrogens with zero attached hydrogens (tertiary/aromatic N) is 3.